The summed E-state index contributed by atoms with van der Waals surface area (Å²) in [5.74, 6) is 0.854. The van der Waals surface area contributed by atoms with Gasteiger partial charge >= 0.3 is 5.69 Å². The van der Waals surface area contributed by atoms with E-state index in [4.69, 9.17) is 0 Å². The molecule has 116 valence electrons. The first-order valence-corrected chi connectivity index (χ1v) is 7.58. The van der Waals surface area contributed by atoms with Gasteiger partial charge in [0.1, 0.15) is 5.82 Å². The number of carbonyl (C=O) groups excluding carboxylic acids is 1. The molecule has 6 heteroatoms. The molecule has 1 atom stereocenters. The fraction of sp³-hybridized carbons (Fsp3) is 0.438. The van der Waals surface area contributed by atoms with Gasteiger partial charge in [-0.15, -0.1) is 0 Å². The molecule has 0 unspecified atom stereocenters. The van der Waals surface area contributed by atoms with Crippen LogP contribution in [0.5, 0.6) is 0 Å². The highest BCUT2D eigenvalue weighted by atomic mass is 16.2. The molecule has 0 aliphatic carbocycles. The van der Waals surface area contributed by atoms with E-state index in [1.54, 1.807) is 9.47 Å². The SMILES string of the molecule is CN(Cc1ccccc1)C(=O)[C@H]1CCc2n[nH]c(=O)n2CC1. The molecule has 1 aliphatic rings. The van der Waals surface area contributed by atoms with E-state index >= 15 is 0 Å². The molecule has 1 aromatic carbocycles. The van der Waals surface area contributed by atoms with E-state index in [0.717, 1.165) is 17.8 Å². The van der Waals surface area contributed by atoms with Gasteiger partial charge in [0.25, 0.3) is 0 Å². The lowest BCUT2D eigenvalue weighted by atomic mass is 9.98. The molecule has 0 spiro atoms. The third-order valence-electron chi connectivity index (χ3n) is 4.24. The van der Waals surface area contributed by atoms with E-state index in [1.165, 1.54) is 0 Å². The maximum Gasteiger partial charge on any atom is 0.343 e. The Bertz CT molecular complexity index is 704. The Morgan fingerprint density at radius 2 is 2.14 bits per heavy atom. The number of amides is 1. The van der Waals surface area contributed by atoms with E-state index in [1.807, 2.05) is 37.4 Å². The number of hydrogen-bond donors (Lipinski definition) is 1. The number of aryl methyl sites for hydroxylation is 1. The lowest BCUT2D eigenvalue weighted by Crippen LogP contribution is -2.33. The fourth-order valence-electron chi connectivity index (χ4n) is 3.00. The van der Waals surface area contributed by atoms with Gasteiger partial charge in [0.05, 0.1) is 0 Å². The third-order valence-corrected chi connectivity index (χ3v) is 4.24. The van der Waals surface area contributed by atoms with E-state index in [0.29, 0.717) is 25.9 Å². The van der Waals surface area contributed by atoms with Crippen molar-refractivity contribution < 1.29 is 4.79 Å². The summed E-state index contributed by atoms with van der Waals surface area (Å²) in [7, 11) is 1.84. The molecule has 2 aromatic rings. The number of nitrogens with one attached hydrogen (secondary N) is 1. The summed E-state index contributed by atoms with van der Waals surface area (Å²) in [6.45, 7) is 1.17. The molecule has 3 rings (SSSR count). The monoisotopic (exact) mass is 300 g/mol. The Hall–Kier alpha value is -2.37. The number of nitrogens with zero attached hydrogens (tertiary/aromatic N) is 3. The quantitative estimate of drug-likeness (QED) is 0.925. The summed E-state index contributed by atoms with van der Waals surface area (Å²) in [4.78, 5) is 26.0. The molecule has 1 amide bonds. The third kappa shape index (κ3) is 2.95. The van der Waals surface area contributed by atoms with Crippen molar-refractivity contribution in [2.45, 2.75) is 32.4 Å². The molecule has 1 aliphatic heterocycles. The van der Waals surface area contributed by atoms with Crippen molar-refractivity contribution in [1.29, 1.82) is 0 Å². The number of hydrogen-bond acceptors (Lipinski definition) is 3. The lowest BCUT2D eigenvalue weighted by Gasteiger charge is -2.22. The van der Waals surface area contributed by atoms with Gasteiger partial charge in [-0.3, -0.25) is 9.36 Å². The minimum Gasteiger partial charge on any atom is -0.341 e. The molecule has 0 saturated carbocycles. The highest BCUT2D eigenvalue weighted by Gasteiger charge is 2.26. The van der Waals surface area contributed by atoms with Gasteiger partial charge in [-0.1, -0.05) is 30.3 Å². The van der Waals surface area contributed by atoms with Crippen LogP contribution in [-0.2, 0) is 24.3 Å². The van der Waals surface area contributed by atoms with Crippen LogP contribution in [0.1, 0.15) is 24.2 Å². The van der Waals surface area contributed by atoms with Crippen LogP contribution in [0.2, 0.25) is 0 Å². The standard InChI is InChI=1S/C16H20N4O2/c1-19(11-12-5-3-2-4-6-12)15(21)13-7-8-14-17-18-16(22)20(14)10-9-13/h2-6,13H,7-11H2,1H3,(H,18,22)/t13-/m0/s1. The van der Waals surface area contributed by atoms with Crippen molar-refractivity contribution in [3.05, 3.63) is 52.2 Å². The lowest BCUT2D eigenvalue weighted by molar-refractivity contribution is -0.135. The predicted molar refractivity (Wildman–Crippen MR) is 82.2 cm³/mol. The normalized spacial score (nSPS) is 17.6. The first kappa shape index (κ1) is 14.6. The number of benzene rings is 1. The minimum absolute atomic E-state index is 0.0465. The van der Waals surface area contributed by atoms with Crippen LogP contribution in [0.4, 0.5) is 0 Å². The Morgan fingerprint density at radius 3 is 2.91 bits per heavy atom. The minimum atomic E-state index is -0.180. The molecule has 0 saturated heterocycles. The average Bonchev–Trinajstić information content (AvgIpc) is 2.76. The number of carbonyl (C=O) groups is 1. The largest absolute Gasteiger partial charge is 0.343 e. The molecule has 0 radical (unpaired) electrons. The van der Waals surface area contributed by atoms with Gasteiger partial charge in [-0.05, 0) is 18.4 Å². The van der Waals surface area contributed by atoms with Crippen molar-refractivity contribution in [3.8, 4) is 0 Å². The highest BCUT2D eigenvalue weighted by Crippen LogP contribution is 2.20. The molecule has 2 heterocycles. The van der Waals surface area contributed by atoms with E-state index in [9.17, 15) is 9.59 Å². The molecule has 0 bridgehead atoms. The van der Waals surface area contributed by atoms with Crippen molar-refractivity contribution in [2.24, 2.45) is 5.92 Å². The Kier molecular flexibility index (Phi) is 4.09. The number of fused-ring (bicyclic) bond motifs is 1. The summed E-state index contributed by atoms with van der Waals surface area (Å²) < 4.78 is 1.64. The van der Waals surface area contributed by atoms with Gasteiger partial charge in [0, 0.05) is 32.5 Å². The first-order chi connectivity index (χ1) is 10.6. The fourth-order valence-corrected chi connectivity index (χ4v) is 3.00. The van der Waals surface area contributed by atoms with Gasteiger partial charge in [-0.2, -0.15) is 5.10 Å². The second-order valence-corrected chi connectivity index (χ2v) is 5.80. The Balaban J connectivity index is 1.64. The number of rotatable bonds is 3. The Morgan fingerprint density at radius 1 is 1.36 bits per heavy atom. The number of H-pyrrole nitrogens is 1. The van der Waals surface area contributed by atoms with E-state index in [2.05, 4.69) is 10.2 Å². The molecule has 22 heavy (non-hydrogen) atoms. The molecule has 1 aromatic heterocycles. The second-order valence-electron chi connectivity index (χ2n) is 5.80. The van der Waals surface area contributed by atoms with Crippen LogP contribution in [0.25, 0.3) is 0 Å². The summed E-state index contributed by atoms with van der Waals surface area (Å²) in [5.41, 5.74) is 0.942. The van der Waals surface area contributed by atoms with Gasteiger partial charge in [0.15, 0.2) is 0 Å². The van der Waals surface area contributed by atoms with Crippen LogP contribution >= 0.6 is 0 Å². The second kappa shape index (κ2) is 6.17. The molecular weight excluding hydrogens is 280 g/mol. The van der Waals surface area contributed by atoms with Crippen LogP contribution in [0.3, 0.4) is 0 Å². The zero-order chi connectivity index (χ0) is 15.5. The smallest absolute Gasteiger partial charge is 0.341 e. The van der Waals surface area contributed by atoms with Crippen molar-refractivity contribution in [3.63, 3.8) is 0 Å². The topological polar surface area (TPSA) is 71.0 Å². The van der Waals surface area contributed by atoms with Gasteiger partial charge in [0.2, 0.25) is 5.91 Å². The number of aromatic amines is 1. The van der Waals surface area contributed by atoms with Crippen molar-refractivity contribution in [1.82, 2.24) is 19.7 Å². The highest BCUT2D eigenvalue weighted by molar-refractivity contribution is 5.78. The summed E-state index contributed by atoms with van der Waals surface area (Å²) in [5, 5.41) is 6.49. The zero-order valence-corrected chi connectivity index (χ0v) is 12.7. The van der Waals surface area contributed by atoms with Crippen LogP contribution in [0, 0.1) is 5.92 Å². The predicted octanol–water partition coefficient (Wildman–Crippen LogP) is 1.18. The first-order valence-electron chi connectivity index (χ1n) is 7.58. The van der Waals surface area contributed by atoms with Crippen LogP contribution in [0.15, 0.2) is 35.1 Å². The molecular formula is C16H20N4O2. The molecule has 0 fully saturated rings. The zero-order valence-electron chi connectivity index (χ0n) is 12.7. The van der Waals surface area contributed by atoms with Gasteiger partial charge < -0.3 is 4.90 Å². The van der Waals surface area contributed by atoms with E-state index < -0.39 is 0 Å². The number of aromatic nitrogens is 3. The maximum atomic E-state index is 12.6. The molecule has 6 nitrogen and oxygen atoms in total. The molecule has 1 N–H and O–H groups in total. The van der Waals surface area contributed by atoms with Crippen LogP contribution < -0.4 is 5.69 Å². The van der Waals surface area contributed by atoms with Crippen LogP contribution in [-0.4, -0.2) is 32.6 Å². The van der Waals surface area contributed by atoms with Crippen molar-refractivity contribution >= 4 is 5.91 Å². The van der Waals surface area contributed by atoms with Crippen molar-refractivity contribution in [2.75, 3.05) is 7.05 Å². The van der Waals surface area contributed by atoms with Gasteiger partial charge in [-0.25, -0.2) is 9.89 Å². The summed E-state index contributed by atoms with van der Waals surface area (Å²) >= 11 is 0. The summed E-state index contributed by atoms with van der Waals surface area (Å²) in [6, 6.07) is 9.96. The van der Waals surface area contributed by atoms with E-state index in [-0.39, 0.29) is 17.5 Å². The average molecular weight is 300 g/mol. The maximum absolute atomic E-state index is 12.6. The Labute approximate surface area is 128 Å². The summed E-state index contributed by atoms with van der Waals surface area (Å²) in [6.07, 6.45) is 2.08.